The zero-order valence-electron chi connectivity index (χ0n) is 30.3. The Balaban J connectivity index is 1.03. The van der Waals surface area contributed by atoms with Crippen molar-refractivity contribution < 1.29 is 4.74 Å². The molecule has 262 valence electrons. The maximum atomic E-state index is 6.55. The van der Waals surface area contributed by atoms with E-state index in [-0.39, 0.29) is 0 Å². The SMILES string of the molecule is c1ccc(-c2cccc(-c3nc(-c4ccccc4)nc(-c4ccc(-c5ccc6c(c5)C5(c7ccccc7Oc7ccccc75)c5ccccc5-6)cc4)n3)c2)cc1. The van der Waals surface area contributed by atoms with Gasteiger partial charge in [-0.15, -0.1) is 0 Å². The lowest BCUT2D eigenvalue weighted by atomic mass is 9.66. The second-order valence-electron chi connectivity index (χ2n) is 14.3. The van der Waals surface area contributed by atoms with Crippen molar-refractivity contribution in [1.29, 1.82) is 0 Å². The van der Waals surface area contributed by atoms with E-state index in [4.69, 9.17) is 19.7 Å². The predicted octanol–water partition coefficient (Wildman–Crippen LogP) is 12.7. The molecule has 2 heterocycles. The molecular weight excluding hydrogens is 683 g/mol. The lowest BCUT2D eigenvalue weighted by molar-refractivity contribution is 0.436. The highest BCUT2D eigenvalue weighted by Crippen LogP contribution is 2.62. The minimum atomic E-state index is -0.514. The molecular formula is C52H33N3O. The normalized spacial score (nSPS) is 12.9. The van der Waals surface area contributed by atoms with E-state index >= 15 is 0 Å². The minimum Gasteiger partial charge on any atom is -0.457 e. The minimum absolute atomic E-state index is 0.514. The number of ether oxygens (including phenoxy) is 1. The average molecular weight is 716 g/mol. The maximum Gasteiger partial charge on any atom is 0.164 e. The highest BCUT2D eigenvalue weighted by atomic mass is 16.5. The molecule has 1 aliphatic carbocycles. The number of nitrogens with zero attached hydrogens (tertiary/aromatic N) is 3. The summed E-state index contributed by atoms with van der Waals surface area (Å²) in [6.45, 7) is 0. The lowest BCUT2D eigenvalue weighted by Crippen LogP contribution is -2.32. The third kappa shape index (κ3) is 5.04. The van der Waals surface area contributed by atoms with E-state index in [2.05, 4.69) is 164 Å². The van der Waals surface area contributed by atoms with Crippen LogP contribution < -0.4 is 4.74 Å². The summed E-state index contributed by atoms with van der Waals surface area (Å²) < 4.78 is 6.55. The van der Waals surface area contributed by atoms with Gasteiger partial charge in [0.25, 0.3) is 0 Å². The molecule has 0 saturated heterocycles. The summed E-state index contributed by atoms with van der Waals surface area (Å²) in [4.78, 5) is 15.1. The van der Waals surface area contributed by atoms with Crippen LogP contribution in [0, 0.1) is 0 Å². The van der Waals surface area contributed by atoms with Crippen LogP contribution in [0.25, 0.3) is 67.5 Å². The van der Waals surface area contributed by atoms with Crippen LogP contribution in [0.4, 0.5) is 0 Å². The van der Waals surface area contributed by atoms with Crippen molar-refractivity contribution in [3.8, 4) is 79.0 Å². The Morgan fingerprint density at radius 1 is 0.286 bits per heavy atom. The van der Waals surface area contributed by atoms with Gasteiger partial charge in [0, 0.05) is 27.8 Å². The summed E-state index contributed by atoms with van der Waals surface area (Å²) in [6.07, 6.45) is 0. The molecule has 0 amide bonds. The van der Waals surface area contributed by atoms with Gasteiger partial charge in [-0.1, -0.05) is 176 Å². The molecule has 0 atom stereocenters. The van der Waals surface area contributed by atoms with Crippen molar-refractivity contribution in [1.82, 2.24) is 15.0 Å². The first kappa shape index (κ1) is 32.0. The fourth-order valence-electron chi connectivity index (χ4n) is 8.66. The average Bonchev–Trinajstić information content (AvgIpc) is 3.57. The number of benzene rings is 8. The highest BCUT2D eigenvalue weighted by Gasteiger charge is 2.51. The number of fused-ring (bicyclic) bond motifs is 9. The number of aromatic nitrogens is 3. The third-order valence-electron chi connectivity index (χ3n) is 11.2. The van der Waals surface area contributed by atoms with E-state index in [1.807, 2.05) is 36.4 Å². The van der Waals surface area contributed by atoms with Crippen LogP contribution in [0.5, 0.6) is 11.5 Å². The number of hydrogen-bond acceptors (Lipinski definition) is 4. The van der Waals surface area contributed by atoms with Crippen molar-refractivity contribution in [2.24, 2.45) is 0 Å². The Labute approximate surface area is 325 Å². The van der Waals surface area contributed by atoms with Crippen LogP contribution in [0.2, 0.25) is 0 Å². The van der Waals surface area contributed by atoms with Gasteiger partial charge in [-0.05, 0) is 68.8 Å². The van der Waals surface area contributed by atoms with Crippen LogP contribution in [-0.4, -0.2) is 15.0 Å². The Morgan fingerprint density at radius 3 is 1.39 bits per heavy atom. The number of rotatable bonds is 5. The van der Waals surface area contributed by atoms with E-state index in [1.54, 1.807) is 0 Å². The second-order valence-corrected chi connectivity index (χ2v) is 14.3. The van der Waals surface area contributed by atoms with Crippen LogP contribution in [0.1, 0.15) is 22.3 Å². The van der Waals surface area contributed by atoms with Gasteiger partial charge >= 0.3 is 0 Å². The number of para-hydroxylation sites is 2. The molecule has 9 aromatic rings. The Bertz CT molecular complexity index is 2890. The Morgan fingerprint density at radius 2 is 0.714 bits per heavy atom. The molecule has 0 bridgehead atoms. The van der Waals surface area contributed by atoms with Gasteiger partial charge in [-0.25, -0.2) is 15.0 Å². The zero-order chi connectivity index (χ0) is 37.1. The fraction of sp³-hybridized carbons (Fsp3) is 0.0192. The van der Waals surface area contributed by atoms with E-state index in [0.717, 1.165) is 61.6 Å². The molecule has 0 saturated carbocycles. The maximum absolute atomic E-state index is 6.55. The molecule has 0 unspecified atom stereocenters. The van der Waals surface area contributed by atoms with Crippen LogP contribution in [0.3, 0.4) is 0 Å². The summed E-state index contributed by atoms with van der Waals surface area (Å²) in [5.41, 5.74) is 14.2. The van der Waals surface area contributed by atoms with Crippen LogP contribution >= 0.6 is 0 Å². The van der Waals surface area contributed by atoms with Gasteiger partial charge in [0.2, 0.25) is 0 Å². The molecule has 2 aliphatic rings. The Hall–Kier alpha value is -7.43. The summed E-state index contributed by atoms with van der Waals surface area (Å²) in [7, 11) is 0. The molecule has 4 heteroatoms. The van der Waals surface area contributed by atoms with Gasteiger partial charge in [0.15, 0.2) is 17.5 Å². The molecule has 1 spiro atoms. The van der Waals surface area contributed by atoms with Crippen LogP contribution in [0.15, 0.2) is 200 Å². The smallest absolute Gasteiger partial charge is 0.164 e. The first-order chi connectivity index (χ1) is 27.7. The fourth-order valence-corrected chi connectivity index (χ4v) is 8.66. The first-order valence-electron chi connectivity index (χ1n) is 18.9. The van der Waals surface area contributed by atoms with Crippen molar-refractivity contribution in [3.05, 3.63) is 222 Å². The van der Waals surface area contributed by atoms with E-state index in [1.165, 1.54) is 22.3 Å². The summed E-state index contributed by atoms with van der Waals surface area (Å²) in [5.74, 6) is 3.69. The molecule has 1 aliphatic heterocycles. The quantitative estimate of drug-likeness (QED) is 0.178. The second kappa shape index (κ2) is 12.9. The molecule has 56 heavy (non-hydrogen) atoms. The van der Waals surface area contributed by atoms with Gasteiger partial charge < -0.3 is 4.74 Å². The number of hydrogen-bond donors (Lipinski definition) is 0. The van der Waals surface area contributed by atoms with E-state index in [0.29, 0.717) is 17.5 Å². The largest absolute Gasteiger partial charge is 0.457 e. The molecule has 1 aromatic heterocycles. The van der Waals surface area contributed by atoms with Gasteiger partial charge in [0.05, 0.1) is 5.41 Å². The van der Waals surface area contributed by atoms with Crippen molar-refractivity contribution in [2.45, 2.75) is 5.41 Å². The molecule has 8 aromatic carbocycles. The monoisotopic (exact) mass is 715 g/mol. The topological polar surface area (TPSA) is 47.9 Å². The molecule has 0 N–H and O–H groups in total. The van der Waals surface area contributed by atoms with Crippen molar-refractivity contribution in [3.63, 3.8) is 0 Å². The van der Waals surface area contributed by atoms with Gasteiger partial charge in [-0.2, -0.15) is 0 Å². The van der Waals surface area contributed by atoms with E-state index < -0.39 is 5.41 Å². The summed E-state index contributed by atoms with van der Waals surface area (Å²) in [6, 6.07) is 70.3. The highest BCUT2D eigenvalue weighted by molar-refractivity contribution is 5.90. The van der Waals surface area contributed by atoms with Gasteiger partial charge in [-0.3, -0.25) is 0 Å². The molecule has 0 fully saturated rings. The molecule has 11 rings (SSSR count). The lowest BCUT2D eigenvalue weighted by Gasteiger charge is -2.39. The van der Waals surface area contributed by atoms with Crippen molar-refractivity contribution in [2.75, 3.05) is 0 Å². The van der Waals surface area contributed by atoms with Crippen LogP contribution in [-0.2, 0) is 5.41 Å². The summed E-state index contributed by atoms with van der Waals surface area (Å²) in [5, 5.41) is 0. The summed E-state index contributed by atoms with van der Waals surface area (Å²) >= 11 is 0. The zero-order valence-corrected chi connectivity index (χ0v) is 30.3. The predicted molar refractivity (Wildman–Crippen MR) is 224 cm³/mol. The van der Waals surface area contributed by atoms with E-state index in [9.17, 15) is 0 Å². The van der Waals surface area contributed by atoms with Gasteiger partial charge in [0.1, 0.15) is 11.5 Å². The Kier molecular flexibility index (Phi) is 7.36. The molecule has 0 radical (unpaired) electrons. The van der Waals surface area contributed by atoms with Crippen molar-refractivity contribution >= 4 is 0 Å². The first-order valence-corrected chi connectivity index (χ1v) is 18.9. The standard InChI is InChI=1S/C52H33N3O/c1-3-14-34(15-4-1)38-18-13-19-40(32-38)51-54-49(36-16-5-2-6-17-36)53-50(55-51)37-28-26-35(27-29-37)39-30-31-42-41-20-7-8-21-43(41)52(46(42)33-39)44-22-9-11-24-47(44)56-48-25-12-10-23-45(48)52/h1-33H. The molecule has 4 nitrogen and oxygen atoms in total. The third-order valence-corrected chi connectivity index (χ3v) is 11.2.